The Hall–Kier alpha value is -0.770. The first-order chi connectivity index (χ1) is 8.53. The molecule has 0 radical (unpaired) electrons. The fourth-order valence-corrected chi connectivity index (χ4v) is 3.13. The van der Waals surface area contributed by atoms with Gasteiger partial charge < -0.3 is 15.1 Å². The summed E-state index contributed by atoms with van der Waals surface area (Å²) in [4.78, 5) is 16.7. The van der Waals surface area contributed by atoms with Gasteiger partial charge >= 0.3 is 6.03 Å². The van der Waals surface area contributed by atoms with Crippen molar-refractivity contribution in [2.75, 3.05) is 26.2 Å². The number of hydrogen-bond acceptors (Lipinski definition) is 2. The minimum atomic E-state index is 0.0359. The van der Waals surface area contributed by atoms with Gasteiger partial charge in [-0.25, -0.2) is 4.79 Å². The fraction of sp³-hybridized carbons (Fsp3) is 0.929. The first kappa shape index (κ1) is 13.7. The van der Waals surface area contributed by atoms with Gasteiger partial charge in [0, 0.05) is 31.2 Å². The second-order valence-corrected chi connectivity index (χ2v) is 6.23. The molecule has 2 heterocycles. The Kier molecular flexibility index (Phi) is 4.15. The Balaban J connectivity index is 1.81. The van der Waals surface area contributed by atoms with Crippen molar-refractivity contribution in [2.24, 2.45) is 0 Å². The SMILES string of the molecule is CCN1CCC(NC(=O)N2CCCC2(C)C)CC1. The molecule has 2 saturated heterocycles. The molecule has 0 aromatic rings. The molecule has 0 aromatic heterocycles. The van der Waals surface area contributed by atoms with E-state index in [9.17, 15) is 4.79 Å². The molecule has 2 rings (SSSR count). The summed E-state index contributed by atoms with van der Waals surface area (Å²) in [6.07, 6.45) is 4.44. The van der Waals surface area contributed by atoms with Gasteiger partial charge in [-0.3, -0.25) is 0 Å². The smallest absolute Gasteiger partial charge is 0.318 e. The zero-order valence-electron chi connectivity index (χ0n) is 12.0. The highest BCUT2D eigenvalue weighted by Crippen LogP contribution is 2.28. The Bertz CT molecular complexity index is 295. The van der Waals surface area contributed by atoms with Crippen molar-refractivity contribution in [3.8, 4) is 0 Å². The van der Waals surface area contributed by atoms with E-state index in [-0.39, 0.29) is 11.6 Å². The minimum Gasteiger partial charge on any atom is -0.335 e. The number of hydrogen-bond donors (Lipinski definition) is 1. The van der Waals surface area contributed by atoms with Gasteiger partial charge in [0.1, 0.15) is 0 Å². The number of urea groups is 1. The molecule has 4 heteroatoms. The Morgan fingerprint density at radius 1 is 1.28 bits per heavy atom. The summed E-state index contributed by atoms with van der Waals surface area (Å²) >= 11 is 0. The summed E-state index contributed by atoms with van der Waals surface area (Å²) in [5, 5.41) is 3.22. The van der Waals surface area contributed by atoms with Crippen LogP contribution in [0.4, 0.5) is 4.79 Å². The molecule has 4 nitrogen and oxygen atoms in total. The van der Waals surface area contributed by atoms with Crippen LogP contribution in [-0.2, 0) is 0 Å². The number of amides is 2. The summed E-state index contributed by atoms with van der Waals surface area (Å²) in [6.45, 7) is 10.8. The molecule has 2 aliphatic heterocycles. The van der Waals surface area contributed by atoms with Crippen LogP contribution in [0.2, 0.25) is 0 Å². The quantitative estimate of drug-likeness (QED) is 0.817. The van der Waals surface area contributed by atoms with Crippen LogP contribution < -0.4 is 5.32 Å². The average Bonchev–Trinajstić information content (AvgIpc) is 2.70. The van der Waals surface area contributed by atoms with Crippen molar-refractivity contribution < 1.29 is 4.79 Å². The van der Waals surface area contributed by atoms with E-state index in [0.29, 0.717) is 6.04 Å². The standard InChI is InChI=1S/C14H27N3O/c1-4-16-10-6-12(7-11-16)15-13(18)17-9-5-8-14(17,2)3/h12H,4-11H2,1-3H3,(H,15,18). The molecule has 2 fully saturated rings. The van der Waals surface area contributed by atoms with E-state index in [1.807, 2.05) is 4.90 Å². The highest BCUT2D eigenvalue weighted by atomic mass is 16.2. The second kappa shape index (κ2) is 5.47. The molecular weight excluding hydrogens is 226 g/mol. The second-order valence-electron chi connectivity index (χ2n) is 6.23. The lowest BCUT2D eigenvalue weighted by molar-refractivity contribution is 0.151. The lowest BCUT2D eigenvalue weighted by Crippen LogP contribution is -2.53. The first-order valence-corrected chi connectivity index (χ1v) is 7.33. The molecule has 0 spiro atoms. The van der Waals surface area contributed by atoms with Crippen molar-refractivity contribution in [1.29, 1.82) is 0 Å². The third kappa shape index (κ3) is 2.97. The van der Waals surface area contributed by atoms with Gasteiger partial charge in [0.2, 0.25) is 0 Å². The number of piperidine rings is 1. The monoisotopic (exact) mass is 253 g/mol. The van der Waals surface area contributed by atoms with E-state index in [1.54, 1.807) is 0 Å². The van der Waals surface area contributed by atoms with E-state index < -0.39 is 0 Å². The third-order valence-corrected chi connectivity index (χ3v) is 4.51. The third-order valence-electron chi connectivity index (χ3n) is 4.51. The van der Waals surface area contributed by atoms with Crippen LogP contribution in [0.25, 0.3) is 0 Å². The molecule has 18 heavy (non-hydrogen) atoms. The highest BCUT2D eigenvalue weighted by molar-refractivity contribution is 5.75. The first-order valence-electron chi connectivity index (χ1n) is 7.33. The van der Waals surface area contributed by atoms with Crippen LogP contribution >= 0.6 is 0 Å². The van der Waals surface area contributed by atoms with E-state index >= 15 is 0 Å². The zero-order chi connectivity index (χ0) is 13.2. The normalized spacial score (nSPS) is 25.4. The lowest BCUT2D eigenvalue weighted by Gasteiger charge is -2.36. The van der Waals surface area contributed by atoms with Crippen molar-refractivity contribution in [3.63, 3.8) is 0 Å². The molecule has 2 aliphatic rings. The lowest BCUT2D eigenvalue weighted by atomic mass is 10.0. The maximum atomic E-state index is 12.3. The van der Waals surface area contributed by atoms with Gasteiger partial charge in [-0.05, 0) is 46.1 Å². The van der Waals surface area contributed by atoms with Crippen LogP contribution in [0.1, 0.15) is 46.5 Å². The molecule has 1 N–H and O–H groups in total. The van der Waals surface area contributed by atoms with Crippen molar-refractivity contribution in [1.82, 2.24) is 15.1 Å². The van der Waals surface area contributed by atoms with E-state index in [2.05, 4.69) is 31.0 Å². The minimum absolute atomic E-state index is 0.0359. The summed E-state index contributed by atoms with van der Waals surface area (Å²) in [5.74, 6) is 0. The Labute approximate surface area is 111 Å². The zero-order valence-corrected chi connectivity index (χ0v) is 12.0. The van der Waals surface area contributed by atoms with Gasteiger partial charge in [0.05, 0.1) is 0 Å². The predicted molar refractivity (Wildman–Crippen MR) is 73.7 cm³/mol. The summed E-state index contributed by atoms with van der Waals surface area (Å²) < 4.78 is 0. The molecule has 0 atom stereocenters. The molecule has 0 saturated carbocycles. The van der Waals surface area contributed by atoms with Crippen LogP contribution in [0.15, 0.2) is 0 Å². The number of nitrogens with one attached hydrogen (secondary N) is 1. The van der Waals surface area contributed by atoms with Crippen LogP contribution in [0.3, 0.4) is 0 Å². The van der Waals surface area contributed by atoms with Gasteiger partial charge in [-0.1, -0.05) is 6.92 Å². The summed E-state index contributed by atoms with van der Waals surface area (Å²) in [7, 11) is 0. The largest absolute Gasteiger partial charge is 0.335 e. The molecule has 2 amide bonds. The van der Waals surface area contributed by atoms with Gasteiger partial charge in [-0.2, -0.15) is 0 Å². The van der Waals surface area contributed by atoms with Gasteiger partial charge in [-0.15, -0.1) is 0 Å². The molecule has 0 unspecified atom stereocenters. The maximum Gasteiger partial charge on any atom is 0.318 e. The average molecular weight is 253 g/mol. The van der Waals surface area contributed by atoms with Crippen LogP contribution in [0, 0.1) is 0 Å². The summed E-state index contributed by atoms with van der Waals surface area (Å²) in [6, 6.07) is 0.518. The predicted octanol–water partition coefficient (Wildman–Crippen LogP) is 2.05. The van der Waals surface area contributed by atoms with Gasteiger partial charge in [0.15, 0.2) is 0 Å². The van der Waals surface area contributed by atoms with Gasteiger partial charge in [0.25, 0.3) is 0 Å². The summed E-state index contributed by atoms with van der Waals surface area (Å²) in [5.41, 5.74) is 0.0359. The molecule has 104 valence electrons. The number of nitrogens with zero attached hydrogens (tertiary/aromatic N) is 2. The van der Waals surface area contributed by atoms with Crippen molar-refractivity contribution in [3.05, 3.63) is 0 Å². The van der Waals surface area contributed by atoms with Crippen LogP contribution in [-0.4, -0.2) is 53.6 Å². The number of rotatable bonds is 2. The molecule has 0 aromatic carbocycles. The number of carbonyl (C=O) groups is 1. The number of carbonyl (C=O) groups excluding carboxylic acids is 1. The molecule has 0 bridgehead atoms. The highest BCUT2D eigenvalue weighted by Gasteiger charge is 2.36. The molecular formula is C14H27N3O. The van der Waals surface area contributed by atoms with E-state index in [1.165, 1.54) is 0 Å². The number of likely N-dealkylation sites (tertiary alicyclic amines) is 2. The fourth-order valence-electron chi connectivity index (χ4n) is 3.13. The molecule has 0 aliphatic carbocycles. The Morgan fingerprint density at radius 2 is 1.94 bits per heavy atom. The topological polar surface area (TPSA) is 35.6 Å². The van der Waals surface area contributed by atoms with Crippen LogP contribution in [0.5, 0.6) is 0 Å². The van der Waals surface area contributed by atoms with E-state index in [0.717, 1.165) is 51.9 Å². The maximum absolute atomic E-state index is 12.3. The van der Waals surface area contributed by atoms with E-state index in [4.69, 9.17) is 0 Å². The van der Waals surface area contributed by atoms with Crippen molar-refractivity contribution in [2.45, 2.75) is 58.0 Å². The van der Waals surface area contributed by atoms with Crippen molar-refractivity contribution >= 4 is 6.03 Å². The Morgan fingerprint density at radius 3 is 2.44 bits per heavy atom.